The summed E-state index contributed by atoms with van der Waals surface area (Å²) < 4.78 is 15.6. The Kier molecular flexibility index (Phi) is 6.94. The lowest BCUT2D eigenvalue weighted by molar-refractivity contribution is -0.0324. The van der Waals surface area contributed by atoms with Crippen LogP contribution in [0, 0.1) is 0 Å². The second-order valence-electron chi connectivity index (χ2n) is 5.43. The molecule has 1 atom stereocenters. The van der Waals surface area contributed by atoms with E-state index in [1.165, 1.54) is 16.7 Å². The molecule has 0 fully saturated rings. The van der Waals surface area contributed by atoms with Crippen molar-refractivity contribution in [3.05, 3.63) is 45.8 Å². The van der Waals surface area contributed by atoms with Gasteiger partial charge in [0.1, 0.15) is 12.5 Å². The van der Waals surface area contributed by atoms with Gasteiger partial charge in [0.15, 0.2) is 0 Å². The number of allylic oxidation sites excluding steroid dienone is 2. The molecule has 0 saturated heterocycles. The zero-order chi connectivity index (χ0) is 16.5. The van der Waals surface area contributed by atoms with Gasteiger partial charge in [-0.25, -0.2) is 0 Å². The Morgan fingerprint density at radius 2 is 2.17 bits per heavy atom. The van der Waals surface area contributed by atoms with E-state index >= 15 is 0 Å². The van der Waals surface area contributed by atoms with Gasteiger partial charge in [-0.2, -0.15) is 0 Å². The summed E-state index contributed by atoms with van der Waals surface area (Å²) in [5.41, 5.74) is 12.5. The topological polar surface area (TPSA) is 76.5 Å². The predicted octanol–water partition coefficient (Wildman–Crippen LogP) is 4.10. The van der Waals surface area contributed by atoms with Crippen LogP contribution >= 0.6 is 0 Å². The monoisotopic (exact) mass is 317 g/mol. The van der Waals surface area contributed by atoms with Crippen LogP contribution in [0.5, 0.6) is 5.75 Å². The van der Waals surface area contributed by atoms with Crippen molar-refractivity contribution in [3.8, 4) is 5.75 Å². The molecule has 6 heteroatoms. The van der Waals surface area contributed by atoms with Gasteiger partial charge >= 0.3 is 0 Å². The summed E-state index contributed by atoms with van der Waals surface area (Å²) in [4.78, 5) is 2.95. The van der Waals surface area contributed by atoms with Crippen molar-refractivity contribution in [3.63, 3.8) is 0 Å². The van der Waals surface area contributed by atoms with E-state index in [4.69, 9.17) is 19.7 Å². The standard InChI is InChI=1S/C17H23N3O3/c1-21-12-23-11-10-15(19-20-18)9-8-14-7-6-13-4-3-5-16(22-2)17(13)14/h3-5,7,15H,6,8-12H2,1-2H3. The maximum absolute atomic E-state index is 8.73. The second-order valence-corrected chi connectivity index (χ2v) is 5.43. The fourth-order valence-electron chi connectivity index (χ4n) is 2.86. The summed E-state index contributed by atoms with van der Waals surface area (Å²) >= 11 is 0. The smallest absolute Gasteiger partial charge is 0.146 e. The summed E-state index contributed by atoms with van der Waals surface area (Å²) in [6.07, 6.45) is 5.53. The van der Waals surface area contributed by atoms with Gasteiger partial charge in [0.25, 0.3) is 0 Å². The molecule has 1 unspecified atom stereocenters. The number of hydrogen-bond donors (Lipinski definition) is 0. The van der Waals surface area contributed by atoms with Crippen LogP contribution in [0.25, 0.3) is 16.0 Å². The molecular weight excluding hydrogens is 294 g/mol. The summed E-state index contributed by atoms with van der Waals surface area (Å²) in [6, 6.07) is 6.06. The molecular formula is C17H23N3O3. The SMILES string of the molecule is COCOCCC(CCC1=CCc2cccc(OC)c21)N=[N+]=[N-]. The Morgan fingerprint density at radius 1 is 1.30 bits per heavy atom. The lowest BCUT2D eigenvalue weighted by atomic mass is 9.98. The minimum Gasteiger partial charge on any atom is -0.496 e. The summed E-state index contributed by atoms with van der Waals surface area (Å²) in [6.45, 7) is 0.787. The molecule has 0 amide bonds. The number of ether oxygens (including phenoxy) is 3. The molecule has 1 aliphatic rings. The molecule has 1 aliphatic carbocycles. The molecule has 1 aromatic carbocycles. The Balaban J connectivity index is 1.94. The molecule has 0 radical (unpaired) electrons. The highest BCUT2D eigenvalue weighted by Gasteiger charge is 2.19. The highest BCUT2D eigenvalue weighted by molar-refractivity contribution is 5.77. The van der Waals surface area contributed by atoms with Crippen LogP contribution in [0.2, 0.25) is 0 Å². The summed E-state index contributed by atoms with van der Waals surface area (Å²) in [5, 5.41) is 3.88. The first-order valence-corrected chi connectivity index (χ1v) is 7.76. The van der Waals surface area contributed by atoms with Crippen LogP contribution in [0.3, 0.4) is 0 Å². The van der Waals surface area contributed by atoms with Gasteiger partial charge in [-0.1, -0.05) is 23.3 Å². The van der Waals surface area contributed by atoms with Gasteiger partial charge < -0.3 is 14.2 Å². The van der Waals surface area contributed by atoms with E-state index in [9.17, 15) is 0 Å². The lowest BCUT2D eigenvalue weighted by Crippen LogP contribution is -2.09. The number of methoxy groups -OCH3 is 2. The van der Waals surface area contributed by atoms with Crippen molar-refractivity contribution in [1.82, 2.24) is 0 Å². The summed E-state index contributed by atoms with van der Waals surface area (Å²) in [7, 11) is 3.28. The van der Waals surface area contributed by atoms with Crippen molar-refractivity contribution in [2.75, 3.05) is 27.6 Å². The zero-order valence-electron chi connectivity index (χ0n) is 13.7. The number of hydrogen-bond acceptors (Lipinski definition) is 4. The van der Waals surface area contributed by atoms with Crippen molar-refractivity contribution >= 4 is 5.57 Å². The first-order valence-electron chi connectivity index (χ1n) is 7.76. The lowest BCUT2D eigenvalue weighted by Gasteiger charge is -2.14. The maximum Gasteiger partial charge on any atom is 0.146 e. The molecule has 1 aromatic rings. The molecule has 124 valence electrons. The molecule has 0 aromatic heterocycles. The van der Waals surface area contributed by atoms with E-state index in [1.807, 2.05) is 12.1 Å². The van der Waals surface area contributed by atoms with E-state index in [0.717, 1.165) is 25.0 Å². The van der Waals surface area contributed by atoms with Gasteiger partial charge in [0.05, 0.1) is 7.11 Å². The fraction of sp³-hybridized carbons (Fsp3) is 0.529. The van der Waals surface area contributed by atoms with E-state index < -0.39 is 0 Å². The first kappa shape index (κ1) is 17.3. The van der Waals surface area contributed by atoms with Gasteiger partial charge in [-0.15, -0.1) is 0 Å². The molecule has 2 rings (SSSR count). The van der Waals surface area contributed by atoms with E-state index in [2.05, 4.69) is 22.2 Å². The highest BCUT2D eigenvalue weighted by atomic mass is 16.7. The van der Waals surface area contributed by atoms with Crippen LogP contribution in [0.4, 0.5) is 0 Å². The molecule has 6 nitrogen and oxygen atoms in total. The van der Waals surface area contributed by atoms with Gasteiger partial charge in [0, 0.05) is 30.2 Å². The average molecular weight is 317 g/mol. The molecule has 0 saturated carbocycles. The van der Waals surface area contributed by atoms with Gasteiger partial charge in [-0.3, -0.25) is 0 Å². The van der Waals surface area contributed by atoms with Crippen molar-refractivity contribution in [2.24, 2.45) is 5.11 Å². The minimum absolute atomic E-state index is 0.0727. The molecule has 23 heavy (non-hydrogen) atoms. The van der Waals surface area contributed by atoms with Crippen LogP contribution in [-0.4, -0.2) is 33.7 Å². The second kappa shape index (κ2) is 9.20. The number of nitrogens with zero attached hydrogens (tertiary/aromatic N) is 3. The quantitative estimate of drug-likeness (QED) is 0.214. The van der Waals surface area contributed by atoms with Crippen molar-refractivity contribution in [1.29, 1.82) is 0 Å². The van der Waals surface area contributed by atoms with E-state index in [1.54, 1.807) is 14.2 Å². The zero-order valence-corrected chi connectivity index (χ0v) is 13.7. The van der Waals surface area contributed by atoms with Crippen molar-refractivity contribution in [2.45, 2.75) is 31.7 Å². The van der Waals surface area contributed by atoms with Crippen LogP contribution < -0.4 is 4.74 Å². The fourth-order valence-corrected chi connectivity index (χ4v) is 2.86. The van der Waals surface area contributed by atoms with Gasteiger partial charge in [0.2, 0.25) is 0 Å². The maximum atomic E-state index is 8.73. The largest absolute Gasteiger partial charge is 0.496 e. The third kappa shape index (κ3) is 4.73. The predicted molar refractivity (Wildman–Crippen MR) is 89.3 cm³/mol. The normalized spacial score (nSPS) is 13.9. The van der Waals surface area contributed by atoms with Crippen molar-refractivity contribution < 1.29 is 14.2 Å². The number of rotatable bonds is 10. The Hall–Kier alpha value is -2.01. The Labute approximate surface area is 136 Å². The average Bonchev–Trinajstić information content (AvgIpc) is 2.99. The minimum atomic E-state index is -0.0727. The third-order valence-corrected chi connectivity index (χ3v) is 3.98. The first-order chi connectivity index (χ1) is 11.3. The number of benzene rings is 1. The molecule has 0 aliphatic heterocycles. The van der Waals surface area contributed by atoms with Crippen LogP contribution in [0.1, 0.15) is 30.4 Å². The molecule has 0 spiro atoms. The van der Waals surface area contributed by atoms with Gasteiger partial charge in [-0.05, 0) is 48.4 Å². The number of fused-ring (bicyclic) bond motifs is 1. The Bertz CT molecular complexity index is 595. The highest BCUT2D eigenvalue weighted by Crippen LogP contribution is 2.37. The Morgan fingerprint density at radius 3 is 2.91 bits per heavy atom. The number of azide groups is 1. The molecule has 0 bridgehead atoms. The van der Waals surface area contributed by atoms with E-state index in [-0.39, 0.29) is 12.8 Å². The van der Waals surface area contributed by atoms with Crippen LogP contribution in [0.15, 0.2) is 29.4 Å². The summed E-state index contributed by atoms with van der Waals surface area (Å²) in [5.74, 6) is 0.912. The molecule has 0 N–H and O–H groups in total. The third-order valence-electron chi connectivity index (χ3n) is 3.98. The van der Waals surface area contributed by atoms with Crippen LogP contribution in [-0.2, 0) is 15.9 Å². The van der Waals surface area contributed by atoms with E-state index in [0.29, 0.717) is 13.0 Å². The molecule has 0 heterocycles.